The van der Waals surface area contributed by atoms with Gasteiger partial charge in [0, 0.05) is 11.6 Å². The predicted octanol–water partition coefficient (Wildman–Crippen LogP) is 4.17. The summed E-state index contributed by atoms with van der Waals surface area (Å²) in [6, 6.07) is 12.8. The largest absolute Gasteiger partial charge is 0.493 e. The van der Waals surface area contributed by atoms with Crippen molar-refractivity contribution in [1.29, 1.82) is 0 Å². The first kappa shape index (κ1) is 14.5. The molecule has 1 unspecified atom stereocenters. The second kappa shape index (κ2) is 6.53. The van der Waals surface area contributed by atoms with Crippen molar-refractivity contribution in [2.75, 3.05) is 13.7 Å². The van der Waals surface area contributed by atoms with E-state index in [0.29, 0.717) is 6.61 Å². The van der Waals surface area contributed by atoms with Crippen LogP contribution in [0.5, 0.6) is 5.75 Å². The van der Waals surface area contributed by atoms with Crippen molar-refractivity contribution >= 4 is 0 Å². The Morgan fingerprint density at radius 3 is 2.60 bits per heavy atom. The average Bonchev–Trinajstić information content (AvgIpc) is 2.47. The van der Waals surface area contributed by atoms with Gasteiger partial charge < -0.3 is 10.1 Å². The molecule has 0 aliphatic rings. The summed E-state index contributed by atoms with van der Waals surface area (Å²) >= 11 is 0. The fourth-order valence-corrected chi connectivity index (χ4v) is 2.27. The minimum absolute atomic E-state index is 0.139. The highest BCUT2D eigenvalue weighted by Gasteiger charge is 2.14. The molecule has 2 nitrogen and oxygen atoms in total. The summed E-state index contributed by atoms with van der Waals surface area (Å²) in [6.07, 6.45) is 0. The van der Waals surface area contributed by atoms with Gasteiger partial charge in [0.1, 0.15) is 11.6 Å². The van der Waals surface area contributed by atoms with Gasteiger partial charge in [-0.05, 0) is 50.2 Å². The molecule has 2 aromatic carbocycles. The molecule has 2 aromatic rings. The Balaban J connectivity index is 2.59. The van der Waals surface area contributed by atoms with E-state index in [1.54, 1.807) is 6.07 Å². The molecule has 0 aromatic heterocycles. The van der Waals surface area contributed by atoms with Crippen LogP contribution in [0.15, 0.2) is 42.5 Å². The molecule has 3 heteroatoms. The van der Waals surface area contributed by atoms with Gasteiger partial charge in [0.15, 0.2) is 0 Å². The molecule has 0 fully saturated rings. The Hall–Kier alpha value is -1.87. The highest BCUT2D eigenvalue weighted by atomic mass is 19.1. The van der Waals surface area contributed by atoms with E-state index in [-0.39, 0.29) is 11.9 Å². The van der Waals surface area contributed by atoms with Crippen molar-refractivity contribution in [3.05, 3.63) is 53.8 Å². The number of para-hydroxylation sites is 1. The van der Waals surface area contributed by atoms with Crippen LogP contribution in [-0.4, -0.2) is 13.7 Å². The Morgan fingerprint density at radius 2 is 1.90 bits per heavy atom. The van der Waals surface area contributed by atoms with Gasteiger partial charge in [-0.2, -0.15) is 0 Å². The van der Waals surface area contributed by atoms with Crippen molar-refractivity contribution in [2.45, 2.75) is 19.9 Å². The van der Waals surface area contributed by atoms with Crippen molar-refractivity contribution in [3.63, 3.8) is 0 Å². The smallest absolute Gasteiger partial charge is 0.127 e. The maximum absolute atomic E-state index is 13.7. The van der Waals surface area contributed by atoms with Crippen LogP contribution in [0, 0.1) is 5.82 Å². The molecule has 0 saturated carbocycles. The van der Waals surface area contributed by atoms with Crippen LogP contribution in [0.25, 0.3) is 11.1 Å². The van der Waals surface area contributed by atoms with Gasteiger partial charge in [-0.1, -0.05) is 24.3 Å². The predicted molar refractivity (Wildman–Crippen MR) is 80.5 cm³/mol. The summed E-state index contributed by atoms with van der Waals surface area (Å²) in [5.74, 6) is 0.545. The molecular weight excluding hydrogens is 253 g/mol. The molecule has 0 aliphatic heterocycles. The maximum atomic E-state index is 13.7. The zero-order valence-electron chi connectivity index (χ0n) is 12.1. The van der Waals surface area contributed by atoms with Crippen molar-refractivity contribution in [3.8, 4) is 16.9 Å². The Kier molecular flexibility index (Phi) is 4.74. The number of nitrogens with one attached hydrogen (secondary N) is 1. The molecule has 0 aliphatic carbocycles. The molecule has 1 N–H and O–H groups in total. The molecule has 106 valence electrons. The average molecular weight is 273 g/mol. The highest BCUT2D eigenvalue weighted by molar-refractivity contribution is 5.74. The number of halogens is 1. The van der Waals surface area contributed by atoms with Crippen LogP contribution < -0.4 is 10.1 Å². The molecule has 0 radical (unpaired) electrons. The van der Waals surface area contributed by atoms with Gasteiger partial charge in [-0.15, -0.1) is 0 Å². The van der Waals surface area contributed by atoms with E-state index in [2.05, 4.69) is 12.2 Å². The van der Waals surface area contributed by atoms with Gasteiger partial charge in [0.25, 0.3) is 0 Å². The Bertz CT molecular complexity index is 583. The van der Waals surface area contributed by atoms with E-state index in [1.807, 2.05) is 44.3 Å². The van der Waals surface area contributed by atoms with Crippen molar-refractivity contribution in [1.82, 2.24) is 5.32 Å². The zero-order valence-corrected chi connectivity index (χ0v) is 12.1. The molecule has 0 amide bonds. The number of hydrogen-bond acceptors (Lipinski definition) is 2. The summed E-state index contributed by atoms with van der Waals surface area (Å²) in [7, 11) is 1.90. The summed E-state index contributed by atoms with van der Waals surface area (Å²) in [4.78, 5) is 0. The molecule has 2 rings (SSSR count). The van der Waals surface area contributed by atoms with Crippen LogP contribution in [0.2, 0.25) is 0 Å². The van der Waals surface area contributed by atoms with E-state index in [4.69, 9.17) is 4.74 Å². The number of benzene rings is 2. The van der Waals surface area contributed by atoms with E-state index >= 15 is 0 Å². The monoisotopic (exact) mass is 273 g/mol. The maximum Gasteiger partial charge on any atom is 0.127 e. The van der Waals surface area contributed by atoms with E-state index in [1.165, 1.54) is 6.07 Å². The van der Waals surface area contributed by atoms with Crippen LogP contribution in [0.1, 0.15) is 25.5 Å². The fraction of sp³-hybridized carbons (Fsp3) is 0.294. The second-order valence-corrected chi connectivity index (χ2v) is 4.67. The van der Waals surface area contributed by atoms with Crippen LogP contribution in [0.4, 0.5) is 4.39 Å². The lowest BCUT2D eigenvalue weighted by Crippen LogP contribution is -2.13. The number of hydrogen-bond donors (Lipinski definition) is 1. The molecule has 1 atom stereocenters. The lowest BCUT2D eigenvalue weighted by Gasteiger charge is -2.18. The molecule has 0 bridgehead atoms. The van der Waals surface area contributed by atoms with Crippen LogP contribution in [-0.2, 0) is 0 Å². The first-order chi connectivity index (χ1) is 9.67. The summed E-state index contributed by atoms with van der Waals surface area (Å²) < 4.78 is 19.3. The van der Waals surface area contributed by atoms with Gasteiger partial charge >= 0.3 is 0 Å². The van der Waals surface area contributed by atoms with Crippen molar-refractivity contribution < 1.29 is 9.13 Å². The molecule has 0 spiro atoms. The van der Waals surface area contributed by atoms with E-state index in [0.717, 1.165) is 22.4 Å². The molecule has 0 saturated heterocycles. The van der Waals surface area contributed by atoms with Crippen molar-refractivity contribution in [2.24, 2.45) is 0 Å². The first-order valence-corrected chi connectivity index (χ1v) is 6.86. The van der Waals surface area contributed by atoms with Crippen LogP contribution in [0.3, 0.4) is 0 Å². The van der Waals surface area contributed by atoms with Gasteiger partial charge in [-0.25, -0.2) is 4.39 Å². The number of ether oxygens (including phenoxy) is 1. The standard InChI is InChI=1S/C17H20FNO/c1-4-20-17-8-6-5-7-15(17)16-11-13(18)9-10-14(16)12(2)19-3/h5-12,19H,4H2,1-3H3. The number of rotatable bonds is 5. The first-order valence-electron chi connectivity index (χ1n) is 6.86. The normalized spacial score (nSPS) is 12.2. The van der Waals surface area contributed by atoms with Crippen LogP contribution >= 0.6 is 0 Å². The SMILES string of the molecule is CCOc1ccccc1-c1cc(F)ccc1C(C)NC. The second-order valence-electron chi connectivity index (χ2n) is 4.67. The van der Waals surface area contributed by atoms with Gasteiger partial charge in [0.05, 0.1) is 6.61 Å². The third-order valence-electron chi connectivity index (χ3n) is 3.39. The van der Waals surface area contributed by atoms with Gasteiger partial charge in [-0.3, -0.25) is 0 Å². The quantitative estimate of drug-likeness (QED) is 0.882. The third kappa shape index (κ3) is 2.99. The van der Waals surface area contributed by atoms with E-state index in [9.17, 15) is 4.39 Å². The lowest BCUT2D eigenvalue weighted by molar-refractivity contribution is 0.341. The zero-order chi connectivity index (χ0) is 14.5. The topological polar surface area (TPSA) is 21.3 Å². The minimum Gasteiger partial charge on any atom is -0.493 e. The summed E-state index contributed by atoms with van der Waals surface area (Å²) in [6.45, 7) is 4.59. The third-order valence-corrected chi connectivity index (χ3v) is 3.39. The molecular formula is C17H20FNO. The lowest BCUT2D eigenvalue weighted by atomic mass is 9.95. The molecule has 20 heavy (non-hydrogen) atoms. The highest BCUT2D eigenvalue weighted by Crippen LogP contribution is 2.35. The van der Waals surface area contributed by atoms with Gasteiger partial charge in [0.2, 0.25) is 0 Å². The van der Waals surface area contributed by atoms with E-state index < -0.39 is 0 Å². The Labute approximate surface area is 119 Å². The molecule has 0 heterocycles. The fourth-order valence-electron chi connectivity index (χ4n) is 2.27. The Morgan fingerprint density at radius 1 is 1.15 bits per heavy atom. The summed E-state index contributed by atoms with van der Waals surface area (Å²) in [5, 5.41) is 3.20. The summed E-state index contributed by atoms with van der Waals surface area (Å²) in [5.41, 5.74) is 2.85. The minimum atomic E-state index is -0.238.